The van der Waals surface area contributed by atoms with Gasteiger partial charge in [-0.2, -0.15) is 0 Å². The molecule has 0 unspecified atom stereocenters. The highest BCUT2D eigenvalue weighted by molar-refractivity contribution is 6.99. The molecule has 0 amide bonds. The molecule has 24 heavy (non-hydrogen) atoms. The number of carboxylic acids is 1. The Hall–Kier alpha value is -1.91. The molecular formula is C20H26O3Si. The van der Waals surface area contributed by atoms with E-state index in [1.807, 2.05) is 43.3 Å². The Morgan fingerprint density at radius 2 is 1.42 bits per heavy atom. The predicted octanol–water partition coefficient (Wildman–Crippen LogP) is 3.43. The molecule has 0 bridgehead atoms. The smallest absolute Gasteiger partial charge is 0.305 e. The third-order valence-electron chi connectivity index (χ3n) is 4.26. The van der Waals surface area contributed by atoms with Gasteiger partial charge in [0, 0.05) is 0 Å². The molecular weight excluding hydrogens is 320 g/mol. The van der Waals surface area contributed by atoms with E-state index in [0.29, 0.717) is 0 Å². The summed E-state index contributed by atoms with van der Waals surface area (Å²) < 4.78 is 6.64. The molecule has 4 heteroatoms. The van der Waals surface area contributed by atoms with Crippen LogP contribution >= 0.6 is 0 Å². The lowest BCUT2D eigenvalue weighted by molar-refractivity contribution is -0.138. The minimum atomic E-state index is -2.64. The monoisotopic (exact) mass is 346 g/mol. The number of carboxylic acid groups (broad SMARTS) is 1. The summed E-state index contributed by atoms with van der Waals surface area (Å²) in [4.78, 5) is 11.2. The van der Waals surface area contributed by atoms with Crippen LogP contribution in [0.5, 0.6) is 0 Å². The van der Waals surface area contributed by atoms with Crippen LogP contribution in [0.25, 0.3) is 0 Å². The Kier molecular flexibility index (Phi) is 5.62. The number of benzene rings is 2. The van der Waals surface area contributed by atoms with E-state index in [1.165, 1.54) is 10.4 Å². The summed E-state index contributed by atoms with van der Waals surface area (Å²) in [5.74, 6) is -0.833. The average molecular weight is 346 g/mol. The summed E-state index contributed by atoms with van der Waals surface area (Å²) in [6, 6.07) is 20.5. The summed E-state index contributed by atoms with van der Waals surface area (Å²) in [5, 5.41) is 11.4. The van der Waals surface area contributed by atoms with Crippen LogP contribution in [-0.2, 0) is 9.22 Å². The molecule has 2 aromatic carbocycles. The molecule has 1 atom stereocenters. The van der Waals surface area contributed by atoms with Crippen LogP contribution in [0.2, 0.25) is 5.04 Å². The molecule has 0 saturated carbocycles. The van der Waals surface area contributed by atoms with Gasteiger partial charge in [-0.05, 0) is 22.3 Å². The first-order chi connectivity index (χ1) is 11.3. The summed E-state index contributed by atoms with van der Waals surface area (Å²) in [5.41, 5.74) is 0. The highest BCUT2D eigenvalue weighted by Crippen LogP contribution is 2.37. The number of aliphatic carboxylic acids is 1. The largest absolute Gasteiger partial charge is 0.481 e. The number of carbonyl (C=O) groups is 1. The van der Waals surface area contributed by atoms with Gasteiger partial charge in [0.1, 0.15) is 0 Å². The van der Waals surface area contributed by atoms with Gasteiger partial charge in [-0.25, -0.2) is 0 Å². The van der Waals surface area contributed by atoms with Crippen LogP contribution in [-0.4, -0.2) is 25.5 Å². The summed E-state index contributed by atoms with van der Waals surface area (Å²) in [6.07, 6.45) is -0.348. The van der Waals surface area contributed by atoms with Crippen molar-refractivity contribution in [3.05, 3.63) is 60.7 Å². The minimum absolute atomic E-state index is 0.00446. The zero-order valence-corrected chi connectivity index (χ0v) is 15.8. The van der Waals surface area contributed by atoms with Crippen LogP contribution < -0.4 is 10.4 Å². The lowest BCUT2D eigenvalue weighted by Gasteiger charge is -2.44. The molecule has 0 saturated heterocycles. The van der Waals surface area contributed by atoms with Gasteiger partial charge in [-0.15, -0.1) is 0 Å². The minimum Gasteiger partial charge on any atom is -0.481 e. The summed E-state index contributed by atoms with van der Waals surface area (Å²) in [6.45, 7) is 8.42. The summed E-state index contributed by atoms with van der Waals surface area (Å²) in [7, 11) is -2.64. The third-order valence-corrected chi connectivity index (χ3v) is 9.42. The second-order valence-corrected chi connectivity index (χ2v) is 11.4. The van der Waals surface area contributed by atoms with Gasteiger partial charge < -0.3 is 9.53 Å². The highest BCUT2D eigenvalue weighted by atomic mass is 28.4. The molecule has 0 aliphatic heterocycles. The standard InChI is InChI=1S/C20H26O3Si/c1-16(15-19(21)22)23-24(20(2,3)4,17-11-7-5-8-12-17)18-13-9-6-10-14-18/h5-14,16H,15H2,1-4H3,(H,21,22)/t16-/m1/s1/i1+1,15+1,16+1,19+1. The van der Waals surface area contributed by atoms with E-state index in [0.717, 1.165) is 0 Å². The lowest BCUT2D eigenvalue weighted by Crippen LogP contribution is -2.67. The molecule has 0 heterocycles. The quantitative estimate of drug-likeness (QED) is 0.644. The highest BCUT2D eigenvalue weighted by Gasteiger charge is 2.51. The van der Waals surface area contributed by atoms with Crippen molar-refractivity contribution in [1.82, 2.24) is 0 Å². The Bertz CT molecular complexity index is 623. The van der Waals surface area contributed by atoms with Crippen LogP contribution in [0.1, 0.15) is 34.1 Å². The van der Waals surface area contributed by atoms with E-state index in [9.17, 15) is 4.79 Å². The van der Waals surface area contributed by atoms with Gasteiger partial charge >= 0.3 is 5.97 Å². The van der Waals surface area contributed by atoms with Gasteiger partial charge in [0.25, 0.3) is 8.32 Å². The molecule has 0 aliphatic carbocycles. The van der Waals surface area contributed by atoms with E-state index < -0.39 is 14.3 Å². The maximum atomic E-state index is 11.2. The zero-order chi connectivity index (χ0) is 17.8. The van der Waals surface area contributed by atoms with Crippen LogP contribution in [0, 0.1) is 0 Å². The second-order valence-electron chi connectivity index (χ2n) is 7.19. The third kappa shape index (κ3) is 3.76. The number of hydrogen-bond acceptors (Lipinski definition) is 2. The first kappa shape index (κ1) is 18.4. The van der Waals surface area contributed by atoms with Gasteiger partial charge in [0.15, 0.2) is 0 Å². The van der Waals surface area contributed by atoms with Crippen LogP contribution in [0.4, 0.5) is 0 Å². The fraction of sp³-hybridized carbons (Fsp3) is 0.350. The Labute approximate surface area is 145 Å². The van der Waals surface area contributed by atoms with Gasteiger partial charge in [0.05, 0.1) is 12.5 Å². The Morgan fingerprint density at radius 3 is 1.75 bits per heavy atom. The van der Waals surface area contributed by atoms with Gasteiger partial charge in [-0.3, -0.25) is 4.79 Å². The van der Waals surface area contributed by atoms with Crippen LogP contribution in [0.3, 0.4) is 0 Å². The first-order valence-electron chi connectivity index (χ1n) is 8.28. The first-order valence-corrected chi connectivity index (χ1v) is 10.2. The molecule has 0 fully saturated rings. The molecule has 1 N–H and O–H groups in total. The topological polar surface area (TPSA) is 46.5 Å². The van der Waals surface area contributed by atoms with E-state index in [4.69, 9.17) is 9.53 Å². The predicted molar refractivity (Wildman–Crippen MR) is 100 cm³/mol. The molecule has 2 rings (SSSR count). The molecule has 0 radical (unpaired) electrons. The zero-order valence-electron chi connectivity index (χ0n) is 14.8. The molecule has 2 aromatic rings. The van der Waals surface area contributed by atoms with Crippen molar-refractivity contribution < 1.29 is 14.3 Å². The fourth-order valence-electron chi connectivity index (χ4n) is 3.28. The maximum absolute atomic E-state index is 11.2. The van der Waals surface area contributed by atoms with Crippen molar-refractivity contribution in [2.75, 3.05) is 0 Å². The van der Waals surface area contributed by atoms with Crippen molar-refractivity contribution in [3.8, 4) is 0 Å². The molecule has 0 spiro atoms. The number of hydrogen-bond donors (Lipinski definition) is 1. The Morgan fingerprint density at radius 1 is 1.00 bits per heavy atom. The average Bonchev–Trinajstić information content (AvgIpc) is 2.52. The van der Waals surface area contributed by atoms with Crippen molar-refractivity contribution in [2.45, 2.75) is 45.3 Å². The van der Waals surface area contributed by atoms with Crippen molar-refractivity contribution in [2.24, 2.45) is 0 Å². The van der Waals surface area contributed by atoms with Crippen molar-refractivity contribution in [1.29, 1.82) is 0 Å². The molecule has 128 valence electrons. The van der Waals surface area contributed by atoms with Crippen molar-refractivity contribution in [3.63, 3.8) is 0 Å². The Balaban J connectivity index is 2.64. The van der Waals surface area contributed by atoms with Gasteiger partial charge in [-0.1, -0.05) is 81.4 Å². The fourth-order valence-corrected chi connectivity index (χ4v) is 7.98. The normalized spacial score (nSPS) is 13.5. The van der Waals surface area contributed by atoms with Gasteiger partial charge in [0.2, 0.25) is 0 Å². The number of rotatable bonds is 6. The molecule has 3 nitrogen and oxygen atoms in total. The summed E-state index contributed by atoms with van der Waals surface area (Å²) >= 11 is 0. The SMILES string of the molecule is CC(C)(C)[Si](O[13C@H]([13CH3])[13CH2][13C](=O)O)(c1ccccc1)c1ccccc1. The van der Waals surface area contributed by atoms with Crippen molar-refractivity contribution >= 4 is 24.7 Å². The lowest BCUT2D eigenvalue weighted by atomic mass is 10.2. The molecule has 0 aromatic heterocycles. The van der Waals surface area contributed by atoms with E-state index >= 15 is 0 Å². The maximum Gasteiger partial charge on any atom is 0.305 e. The van der Waals surface area contributed by atoms with E-state index in [1.54, 1.807) is 0 Å². The van der Waals surface area contributed by atoms with E-state index in [2.05, 4.69) is 45.0 Å². The second kappa shape index (κ2) is 7.32. The van der Waals surface area contributed by atoms with E-state index in [-0.39, 0.29) is 17.6 Å². The molecule has 0 aliphatic rings. The van der Waals surface area contributed by atoms with Crippen LogP contribution in [0.15, 0.2) is 60.7 Å².